The lowest BCUT2D eigenvalue weighted by Crippen LogP contribution is -2.41. The van der Waals surface area contributed by atoms with E-state index < -0.39 is 12.0 Å². The van der Waals surface area contributed by atoms with Gasteiger partial charge in [0.1, 0.15) is 6.04 Å². The average Bonchev–Trinajstić information content (AvgIpc) is 2.38. The van der Waals surface area contributed by atoms with E-state index in [4.69, 9.17) is 0 Å². The molecule has 19 heavy (non-hydrogen) atoms. The van der Waals surface area contributed by atoms with Crippen molar-refractivity contribution in [2.24, 2.45) is 11.8 Å². The zero-order chi connectivity index (χ0) is 13.5. The molecule has 3 unspecified atom stereocenters. The number of hydrogen-bond acceptors (Lipinski definition) is 4. The number of ether oxygens (including phenoxy) is 1. The van der Waals surface area contributed by atoms with Crippen molar-refractivity contribution in [1.29, 1.82) is 0 Å². The largest absolute Gasteiger partial charge is 0.467 e. The molecule has 3 atom stereocenters. The van der Waals surface area contributed by atoms with Crippen LogP contribution in [-0.2, 0) is 14.3 Å². The highest BCUT2D eigenvalue weighted by atomic mass is 35.5. The molecule has 0 aromatic carbocycles. The second kappa shape index (κ2) is 9.15. The van der Waals surface area contributed by atoms with Crippen molar-refractivity contribution in [2.45, 2.75) is 39.2 Å². The maximum atomic E-state index is 11.8. The highest BCUT2D eigenvalue weighted by Crippen LogP contribution is 2.22. The smallest absolute Gasteiger partial charge is 0.328 e. The van der Waals surface area contributed by atoms with E-state index in [9.17, 15) is 9.59 Å². The molecular weight excluding hydrogens is 268 g/mol. The fraction of sp³-hybridized carbons (Fsp3) is 0.846. The first-order valence-corrected chi connectivity index (χ1v) is 6.62. The number of piperidine rings is 1. The topological polar surface area (TPSA) is 67.4 Å². The number of methoxy groups -OCH3 is 1. The minimum absolute atomic E-state index is 0. The summed E-state index contributed by atoms with van der Waals surface area (Å²) in [6, 6.07) is -0.570. The molecule has 1 aliphatic heterocycles. The maximum absolute atomic E-state index is 11.8. The molecule has 1 saturated heterocycles. The Labute approximate surface area is 121 Å². The second-order valence-corrected chi connectivity index (χ2v) is 5.10. The van der Waals surface area contributed by atoms with Gasteiger partial charge < -0.3 is 15.4 Å². The molecule has 112 valence electrons. The first kappa shape index (κ1) is 18.2. The monoisotopic (exact) mass is 292 g/mol. The van der Waals surface area contributed by atoms with Crippen molar-refractivity contribution in [3.63, 3.8) is 0 Å². The van der Waals surface area contributed by atoms with Gasteiger partial charge in [0.05, 0.1) is 7.11 Å². The quantitative estimate of drug-likeness (QED) is 0.745. The van der Waals surface area contributed by atoms with Gasteiger partial charge in [-0.2, -0.15) is 0 Å². The van der Waals surface area contributed by atoms with Gasteiger partial charge in [-0.05, 0) is 44.7 Å². The lowest BCUT2D eigenvalue weighted by molar-refractivity contribution is -0.144. The SMILES string of the molecule is COC(=O)C(C)NC(=O)CC(C)C1CCCNC1.Cl. The number of halogens is 1. The summed E-state index contributed by atoms with van der Waals surface area (Å²) < 4.78 is 4.57. The molecule has 1 aliphatic rings. The number of hydrogen-bond donors (Lipinski definition) is 2. The third-order valence-corrected chi connectivity index (χ3v) is 3.58. The van der Waals surface area contributed by atoms with Gasteiger partial charge in [-0.1, -0.05) is 6.92 Å². The van der Waals surface area contributed by atoms with Gasteiger partial charge in [0, 0.05) is 6.42 Å². The highest BCUT2D eigenvalue weighted by molar-refractivity contribution is 5.85. The standard InChI is InChI=1S/C13H24N2O3.ClH/c1-9(11-5-4-6-14-8-11)7-12(16)15-10(2)13(17)18-3;/h9-11,14H,4-8H2,1-3H3,(H,15,16);1H. The molecule has 2 N–H and O–H groups in total. The minimum atomic E-state index is -0.570. The van der Waals surface area contributed by atoms with Crippen molar-refractivity contribution in [1.82, 2.24) is 10.6 Å². The Morgan fingerprint density at radius 1 is 1.42 bits per heavy atom. The van der Waals surface area contributed by atoms with Crippen molar-refractivity contribution >= 4 is 24.3 Å². The van der Waals surface area contributed by atoms with E-state index in [0.717, 1.165) is 13.1 Å². The molecule has 0 aromatic heterocycles. The second-order valence-electron chi connectivity index (χ2n) is 5.10. The fourth-order valence-corrected chi connectivity index (χ4v) is 2.36. The predicted molar refractivity (Wildman–Crippen MR) is 76.2 cm³/mol. The third-order valence-electron chi connectivity index (χ3n) is 3.58. The van der Waals surface area contributed by atoms with Gasteiger partial charge in [-0.15, -0.1) is 12.4 Å². The molecule has 6 heteroatoms. The Kier molecular flexibility index (Phi) is 8.76. The van der Waals surface area contributed by atoms with E-state index in [1.165, 1.54) is 20.0 Å². The van der Waals surface area contributed by atoms with Crippen LogP contribution in [0, 0.1) is 11.8 Å². The molecule has 1 heterocycles. The Hall–Kier alpha value is -0.810. The first-order chi connectivity index (χ1) is 8.54. The molecule has 0 bridgehead atoms. The number of rotatable bonds is 5. The lowest BCUT2D eigenvalue weighted by atomic mass is 9.85. The third kappa shape index (κ3) is 6.25. The summed E-state index contributed by atoms with van der Waals surface area (Å²) >= 11 is 0. The van der Waals surface area contributed by atoms with E-state index >= 15 is 0 Å². The van der Waals surface area contributed by atoms with Gasteiger partial charge in [0.15, 0.2) is 0 Å². The van der Waals surface area contributed by atoms with Crippen molar-refractivity contribution < 1.29 is 14.3 Å². The molecule has 0 aromatic rings. The maximum Gasteiger partial charge on any atom is 0.328 e. The Morgan fingerprint density at radius 3 is 2.63 bits per heavy atom. The number of nitrogens with one attached hydrogen (secondary N) is 2. The van der Waals surface area contributed by atoms with Crippen LogP contribution in [-0.4, -0.2) is 38.1 Å². The average molecular weight is 293 g/mol. The van der Waals surface area contributed by atoms with E-state index in [1.54, 1.807) is 6.92 Å². The molecule has 0 spiro atoms. The van der Waals surface area contributed by atoms with Gasteiger partial charge >= 0.3 is 5.97 Å². The summed E-state index contributed by atoms with van der Waals surface area (Å²) in [6.45, 7) is 5.80. The summed E-state index contributed by atoms with van der Waals surface area (Å²) in [6.07, 6.45) is 2.82. The fourth-order valence-electron chi connectivity index (χ4n) is 2.36. The van der Waals surface area contributed by atoms with Crippen molar-refractivity contribution in [3.05, 3.63) is 0 Å². The predicted octanol–water partition coefficient (Wildman–Crippen LogP) is 1.11. The van der Waals surface area contributed by atoms with E-state index in [-0.39, 0.29) is 18.3 Å². The van der Waals surface area contributed by atoms with E-state index in [2.05, 4.69) is 22.3 Å². The summed E-state index contributed by atoms with van der Waals surface area (Å²) in [5.41, 5.74) is 0. The Balaban J connectivity index is 0.00000324. The summed E-state index contributed by atoms with van der Waals surface area (Å²) in [5.74, 6) is 0.405. The van der Waals surface area contributed by atoms with Gasteiger partial charge in [-0.3, -0.25) is 4.79 Å². The molecule has 0 aliphatic carbocycles. The molecule has 0 saturated carbocycles. The number of amides is 1. The van der Waals surface area contributed by atoms with E-state index in [0.29, 0.717) is 18.3 Å². The number of carbonyl (C=O) groups excluding carboxylic acids is 2. The van der Waals surface area contributed by atoms with E-state index in [1.807, 2.05) is 0 Å². The number of esters is 1. The van der Waals surface area contributed by atoms with Crippen LogP contribution in [0.4, 0.5) is 0 Å². The molecule has 1 fully saturated rings. The summed E-state index contributed by atoms with van der Waals surface area (Å²) in [5, 5.41) is 6.02. The molecule has 1 amide bonds. The normalized spacial score (nSPS) is 21.7. The number of carbonyl (C=O) groups is 2. The summed E-state index contributed by atoms with van der Waals surface area (Å²) in [4.78, 5) is 23.0. The van der Waals surface area contributed by atoms with Crippen LogP contribution in [0.5, 0.6) is 0 Å². The van der Waals surface area contributed by atoms with Crippen LogP contribution in [0.3, 0.4) is 0 Å². The lowest BCUT2D eigenvalue weighted by Gasteiger charge is -2.28. The van der Waals surface area contributed by atoms with Crippen LogP contribution in [0.2, 0.25) is 0 Å². The van der Waals surface area contributed by atoms with Crippen LogP contribution in [0.1, 0.15) is 33.1 Å². The highest BCUT2D eigenvalue weighted by Gasteiger charge is 2.23. The van der Waals surface area contributed by atoms with Gasteiger partial charge in [0.2, 0.25) is 5.91 Å². The van der Waals surface area contributed by atoms with Gasteiger partial charge in [0.25, 0.3) is 0 Å². The molecule has 5 nitrogen and oxygen atoms in total. The molecule has 0 radical (unpaired) electrons. The molecular formula is C13H25ClN2O3. The van der Waals surface area contributed by atoms with Crippen molar-refractivity contribution in [2.75, 3.05) is 20.2 Å². The van der Waals surface area contributed by atoms with Crippen LogP contribution < -0.4 is 10.6 Å². The molecule has 1 rings (SSSR count). The first-order valence-electron chi connectivity index (χ1n) is 6.62. The summed E-state index contributed by atoms with van der Waals surface area (Å²) in [7, 11) is 1.32. The van der Waals surface area contributed by atoms with Crippen molar-refractivity contribution in [3.8, 4) is 0 Å². The Bertz CT molecular complexity index is 294. The minimum Gasteiger partial charge on any atom is -0.467 e. The van der Waals surface area contributed by atoms with Crippen LogP contribution in [0.25, 0.3) is 0 Å². The zero-order valence-corrected chi connectivity index (χ0v) is 12.7. The van der Waals surface area contributed by atoms with Crippen LogP contribution >= 0.6 is 12.4 Å². The zero-order valence-electron chi connectivity index (χ0n) is 11.9. The van der Waals surface area contributed by atoms with Gasteiger partial charge in [-0.25, -0.2) is 4.79 Å². The van der Waals surface area contributed by atoms with Crippen LogP contribution in [0.15, 0.2) is 0 Å². The Morgan fingerprint density at radius 2 is 2.11 bits per heavy atom.